The Morgan fingerprint density at radius 2 is 1.11 bits per heavy atom. The van der Waals surface area contributed by atoms with Crippen LogP contribution in [0.1, 0.15) is 6.42 Å². The Hall–Kier alpha value is -1.64. The Balaban J connectivity index is 4.91. The highest BCUT2D eigenvalue weighted by Crippen LogP contribution is 1.98. The van der Waals surface area contributed by atoms with Crippen LogP contribution in [0.5, 0.6) is 0 Å². The van der Waals surface area contributed by atoms with Crippen molar-refractivity contribution in [1.29, 1.82) is 0 Å². The van der Waals surface area contributed by atoms with Crippen molar-refractivity contribution in [3.05, 3.63) is 0 Å². The van der Waals surface area contributed by atoms with Gasteiger partial charge in [-0.25, -0.2) is 4.79 Å². The van der Waals surface area contributed by atoms with Crippen LogP contribution in [0, 0.1) is 0 Å². The normalized spacial score (nSPS) is 15.0. The van der Waals surface area contributed by atoms with Gasteiger partial charge in [-0.3, -0.25) is 19.2 Å². The number of carbonyl (C=O) groups is 5. The Morgan fingerprint density at radius 1 is 0.741 bits per heavy atom. The highest BCUT2D eigenvalue weighted by molar-refractivity contribution is 7.80. The van der Waals surface area contributed by atoms with E-state index in [-0.39, 0.29) is 17.3 Å². The number of hydrogen-bond acceptors (Lipinski definition) is 9. The predicted molar refractivity (Wildman–Crippen MR) is 105 cm³/mol. The van der Waals surface area contributed by atoms with Gasteiger partial charge >= 0.3 is 11.9 Å². The maximum Gasteiger partial charge on any atom is 0.327 e. The van der Waals surface area contributed by atoms with Gasteiger partial charge in [0.05, 0.1) is 12.5 Å². The number of carboxylic acids is 2. The number of thiol groups is 3. The average molecular weight is 443 g/mol. The molecule has 0 fully saturated rings. The third kappa shape index (κ3) is 9.21. The molecule has 0 saturated carbocycles. The van der Waals surface area contributed by atoms with Gasteiger partial charge in [-0.2, -0.15) is 37.9 Å². The second kappa shape index (κ2) is 12.7. The van der Waals surface area contributed by atoms with Crippen LogP contribution >= 0.6 is 37.9 Å². The third-order valence-corrected chi connectivity index (χ3v) is 4.26. The zero-order chi connectivity index (χ0) is 21.1. The molecule has 7 N–H and O–H groups in total. The molecular weight excluding hydrogens is 420 g/mol. The van der Waals surface area contributed by atoms with E-state index in [1.54, 1.807) is 0 Å². The summed E-state index contributed by atoms with van der Waals surface area (Å²) in [5.74, 6) is -5.53. The zero-order valence-electron chi connectivity index (χ0n) is 14.0. The molecule has 11 nitrogen and oxygen atoms in total. The highest BCUT2D eigenvalue weighted by Gasteiger charge is 2.29. The van der Waals surface area contributed by atoms with E-state index in [1.807, 2.05) is 0 Å². The van der Waals surface area contributed by atoms with Crippen LogP contribution in [0.4, 0.5) is 0 Å². The quantitative estimate of drug-likeness (QED) is 0.144. The monoisotopic (exact) mass is 442 g/mol. The first-order valence-corrected chi connectivity index (χ1v) is 9.40. The van der Waals surface area contributed by atoms with Gasteiger partial charge in [-0.05, 0) is 0 Å². The number of aliphatic carboxylic acids is 2. The van der Waals surface area contributed by atoms with Crippen LogP contribution in [-0.2, 0) is 24.0 Å². The highest BCUT2D eigenvalue weighted by atomic mass is 32.1. The number of rotatable bonds is 12. The maximum atomic E-state index is 12.2. The first-order valence-electron chi connectivity index (χ1n) is 7.51. The van der Waals surface area contributed by atoms with Crippen LogP contribution in [0.25, 0.3) is 0 Å². The van der Waals surface area contributed by atoms with Gasteiger partial charge in [0.25, 0.3) is 0 Å². The molecule has 14 heteroatoms. The standard InChI is InChI=1S/C13H22N4O7S3/c14-5(1-9(18)19)10(20)15-6(2-25)11(21)16-7(3-26)12(22)17-8(4-27)13(23)24/h5-8,25-27H,1-4,14H2,(H,15,20)(H,16,21)(H,17,22)(H,18,19)(H,23,24). The SMILES string of the molecule is NC(CC(=O)O)C(=O)NC(CS)C(=O)NC(CS)C(=O)NC(CS)C(=O)O. The zero-order valence-corrected chi connectivity index (χ0v) is 16.7. The second-order valence-corrected chi connectivity index (χ2v) is 6.37. The molecule has 0 bridgehead atoms. The maximum absolute atomic E-state index is 12.2. The minimum Gasteiger partial charge on any atom is -0.481 e. The Morgan fingerprint density at radius 3 is 1.44 bits per heavy atom. The molecule has 0 aromatic heterocycles. The first kappa shape index (κ1) is 25.4. The van der Waals surface area contributed by atoms with Crippen molar-refractivity contribution < 1.29 is 34.2 Å². The average Bonchev–Trinajstić information content (AvgIpc) is 2.60. The molecule has 0 rings (SSSR count). The van der Waals surface area contributed by atoms with Crippen molar-refractivity contribution in [3.63, 3.8) is 0 Å². The summed E-state index contributed by atoms with van der Waals surface area (Å²) in [6.45, 7) is 0. The Bertz CT molecular complexity index is 578. The number of carboxylic acid groups (broad SMARTS) is 2. The Kier molecular flexibility index (Phi) is 11.9. The van der Waals surface area contributed by atoms with Gasteiger partial charge in [0.2, 0.25) is 17.7 Å². The summed E-state index contributed by atoms with van der Waals surface area (Å²) < 4.78 is 0. The Labute approximate surface area is 171 Å². The minimum atomic E-state index is -1.37. The lowest BCUT2D eigenvalue weighted by molar-refractivity contribution is -0.141. The van der Waals surface area contributed by atoms with Crippen molar-refractivity contribution in [2.24, 2.45) is 5.73 Å². The van der Waals surface area contributed by atoms with Gasteiger partial charge in [0.15, 0.2) is 0 Å². The van der Waals surface area contributed by atoms with Crippen LogP contribution < -0.4 is 21.7 Å². The van der Waals surface area contributed by atoms with Crippen molar-refractivity contribution >= 4 is 67.5 Å². The molecule has 0 heterocycles. The van der Waals surface area contributed by atoms with E-state index in [9.17, 15) is 24.0 Å². The summed E-state index contributed by atoms with van der Waals surface area (Å²) in [6.07, 6.45) is -0.630. The van der Waals surface area contributed by atoms with Crippen molar-refractivity contribution in [1.82, 2.24) is 16.0 Å². The van der Waals surface area contributed by atoms with Crippen LogP contribution in [0.3, 0.4) is 0 Å². The topological polar surface area (TPSA) is 188 Å². The fraction of sp³-hybridized carbons (Fsp3) is 0.615. The lowest BCUT2D eigenvalue weighted by atomic mass is 10.2. The number of nitrogens with one attached hydrogen (secondary N) is 3. The van der Waals surface area contributed by atoms with Crippen molar-refractivity contribution in [2.45, 2.75) is 30.6 Å². The minimum absolute atomic E-state index is 0.151. The van der Waals surface area contributed by atoms with Crippen LogP contribution in [-0.4, -0.2) is 81.3 Å². The molecule has 4 atom stereocenters. The van der Waals surface area contributed by atoms with Gasteiger partial charge < -0.3 is 31.9 Å². The van der Waals surface area contributed by atoms with E-state index < -0.39 is 60.2 Å². The lowest BCUT2D eigenvalue weighted by Crippen LogP contribution is -2.58. The van der Waals surface area contributed by atoms with Crippen LogP contribution in [0.15, 0.2) is 0 Å². The fourth-order valence-electron chi connectivity index (χ4n) is 1.68. The molecule has 0 aromatic rings. The molecule has 0 aliphatic rings. The molecular formula is C13H22N4O7S3. The van der Waals surface area contributed by atoms with E-state index in [0.717, 1.165) is 0 Å². The molecule has 27 heavy (non-hydrogen) atoms. The van der Waals surface area contributed by atoms with Gasteiger partial charge in [-0.1, -0.05) is 0 Å². The van der Waals surface area contributed by atoms with E-state index >= 15 is 0 Å². The number of nitrogens with two attached hydrogens (primary N) is 1. The fourth-order valence-corrected chi connectivity index (χ4v) is 2.44. The molecule has 4 unspecified atom stereocenters. The number of hydrogen-bond donors (Lipinski definition) is 9. The first-order chi connectivity index (χ1) is 12.6. The van der Waals surface area contributed by atoms with Gasteiger partial charge in [0.1, 0.15) is 18.1 Å². The summed E-state index contributed by atoms with van der Waals surface area (Å²) in [7, 11) is 0. The summed E-state index contributed by atoms with van der Waals surface area (Å²) in [4.78, 5) is 57.6. The summed E-state index contributed by atoms with van der Waals surface area (Å²) >= 11 is 11.7. The number of amides is 3. The smallest absolute Gasteiger partial charge is 0.327 e. The molecule has 154 valence electrons. The van der Waals surface area contributed by atoms with Gasteiger partial charge in [-0.15, -0.1) is 0 Å². The molecule has 3 amide bonds. The largest absolute Gasteiger partial charge is 0.481 e. The molecule has 0 aromatic carbocycles. The van der Waals surface area contributed by atoms with E-state index in [0.29, 0.717) is 0 Å². The van der Waals surface area contributed by atoms with E-state index in [4.69, 9.17) is 15.9 Å². The van der Waals surface area contributed by atoms with Crippen molar-refractivity contribution in [3.8, 4) is 0 Å². The second-order valence-electron chi connectivity index (χ2n) is 5.27. The molecule has 0 spiro atoms. The molecule has 0 aliphatic heterocycles. The third-order valence-electron chi connectivity index (χ3n) is 3.16. The molecule has 0 radical (unpaired) electrons. The summed E-state index contributed by atoms with van der Waals surface area (Å²) in [5, 5.41) is 24.3. The van der Waals surface area contributed by atoms with Crippen LogP contribution in [0.2, 0.25) is 0 Å². The summed E-state index contributed by atoms with van der Waals surface area (Å²) in [6, 6.07) is -5.01. The number of carbonyl (C=O) groups excluding carboxylic acids is 3. The van der Waals surface area contributed by atoms with E-state index in [2.05, 4.69) is 53.8 Å². The van der Waals surface area contributed by atoms with Gasteiger partial charge in [0, 0.05) is 17.3 Å². The van der Waals surface area contributed by atoms with Crippen molar-refractivity contribution in [2.75, 3.05) is 17.3 Å². The molecule has 0 aliphatic carbocycles. The predicted octanol–water partition coefficient (Wildman–Crippen LogP) is -2.88. The lowest BCUT2D eigenvalue weighted by Gasteiger charge is -2.23. The molecule has 0 saturated heterocycles. The summed E-state index contributed by atoms with van der Waals surface area (Å²) in [5.41, 5.74) is 5.41. The van der Waals surface area contributed by atoms with E-state index in [1.165, 1.54) is 0 Å².